The third-order valence-electron chi connectivity index (χ3n) is 5.21. The second-order valence-electron chi connectivity index (χ2n) is 8.69. The highest BCUT2D eigenvalue weighted by molar-refractivity contribution is 5.86. The minimum absolute atomic E-state index is 0.259. The molecule has 3 nitrogen and oxygen atoms in total. The van der Waals surface area contributed by atoms with E-state index >= 15 is 0 Å². The highest BCUT2D eigenvalue weighted by Crippen LogP contribution is 2.24. The standard InChI is InChI=1S/C22H43NO2/c1-17(2)21(16-25-22(24)18(3)4)13-12-19(5)10-9-11-20(6)14-15-23(7)8/h17,19-21H,3,9-16H2,1-2,4-8H3. The van der Waals surface area contributed by atoms with Crippen molar-refractivity contribution in [3.63, 3.8) is 0 Å². The molecule has 0 amide bonds. The molecule has 148 valence electrons. The highest BCUT2D eigenvalue weighted by atomic mass is 16.5. The molecule has 0 bridgehead atoms. The van der Waals surface area contributed by atoms with Crippen molar-refractivity contribution in [2.75, 3.05) is 27.2 Å². The van der Waals surface area contributed by atoms with Gasteiger partial charge in [-0.25, -0.2) is 4.79 Å². The average Bonchev–Trinajstić information content (AvgIpc) is 2.52. The Labute approximate surface area is 157 Å². The van der Waals surface area contributed by atoms with Gasteiger partial charge in [0.1, 0.15) is 0 Å². The van der Waals surface area contributed by atoms with Crippen LogP contribution in [-0.4, -0.2) is 38.1 Å². The van der Waals surface area contributed by atoms with Gasteiger partial charge in [0.25, 0.3) is 0 Å². The van der Waals surface area contributed by atoms with E-state index in [-0.39, 0.29) is 5.97 Å². The highest BCUT2D eigenvalue weighted by Gasteiger charge is 2.17. The van der Waals surface area contributed by atoms with E-state index in [1.807, 2.05) is 0 Å². The van der Waals surface area contributed by atoms with E-state index in [9.17, 15) is 4.79 Å². The van der Waals surface area contributed by atoms with Gasteiger partial charge in [-0.3, -0.25) is 0 Å². The lowest BCUT2D eigenvalue weighted by Crippen LogP contribution is -2.20. The summed E-state index contributed by atoms with van der Waals surface area (Å²) in [5.74, 6) is 2.30. The quantitative estimate of drug-likeness (QED) is 0.303. The second-order valence-corrected chi connectivity index (χ2v) is 8.69. The van der Waals surface area contributed by atoms with Gasteiger partial charge in [0.05, 0.1) is 6.61 Å². The molecule has 0 rings (SSSR count). The van der Waals surface area contributed by atoms with Crippen LogP contribution >= 0.6 is 0 Å². The van der Waals surface area contributed by atoms with Crippen molar-refractivity contribution in [2.24, 2.45) is 23.7 Å². The fraction of sp³-hybridized carbons (Fsp3) is 0.864. The molecule has 0 spiro atoms. The minimum Gasteiger partial charge on any atom is -0.462 e. The van der Waals surface area contributed by atoms with Crippen LogP contribution < -0.4 is 0 Å². The molecule has 0 aliphatic carbocycles. The Kier molecular flexibility index (Phi) is 12.9. The third kappa shape index (κ3) is 13.1. The van der Waals surface area contributed by atoms with Crippen LogP contribution in [0.4, 0.5) is 0 Å². The number of nitrogens with zero attached hydrogens (tertiary/aromatic N) is 1. The topological polar surface area (TPSA) is 29.5 Å². The van der Waals surface area contributed by atoms with E-state index in [2.05, 4.69) is 53.3 Å². The van der Waals surface area contributed by atoms with Crippen molar-refractivity contribution in [1.82, 2.24) is 4.90 Å². The van der Waals surface area contributed by atoms with Crippen molar-refractivity contribution in [3.05, 3.63) is 12.2 Å². The lowest BCUT2D eigenvalue weighted by molar-refractivity contribution is -0.140. The Morgan fingerprint density at radius 2 is 1.52 bits per heavy atom. The number of ether oxygens (including phenoxy) is 1. The lowest BCUT2D eigenvalue weighted by atomic mass is 9.87. The summed E-state index contributed by atoms with van der Waals surface area (Å²) in [7, 11) is 4.29. The summed E-state index contributed by atoms with van der Waals surface area (Å²) >= 11 is 0. The van der Waals surface area contributed by atoms with E-state index in [4.69, 9.17) is 4.74 Å². The van der Waals surface area contributed by atoms with Crippen LogP contribution in [0.3, 0.4) is 0 Å². The molecule has 0 saturated carbocycles. The third-order valence-corrected chi connectivity index (χ3v) is 5.21. The molecule has 3 atom stereocenters. The molecule has 0 saturated heterocycles. The fourth-order valence-corrected chi connectivity index (χ4v) is 3.00. The number of hydrogen-bond acceptors (Lipinski definition) is 3. The SMILES string of the molecule is C=C(C)C(=O)OCC(CCC(C)CCCC(C)CCN(C)C)C(C)C. The van der Waals surface area contributed by atoms with Crippen molar-refractivity contribution >= 4 is 5.97 Å². The predicted octanol–water partition coefficient (Wildman–Crippen LogP) is 5.55. The molecular weight excluding hydrogens is 310 g/mol. The molecular formula is C22H43NO2. The number of carbonyl (C=O) groups is 1. The average molecular weight is 354 g/mol. The Morgan fingerprint density at radius 3 is 2.00 bits per heavy atom. The van der Waals surface area contributed by atoms with Gasteiger partial charge >= 0.3 is 5.97 Å². The van der Waals surface area contributed by atoms with E-state index in [1.165, 1.54) is 38.6 Å². The van der Waals surface area contributed by atoms with Crippen LogP contribution in [0.5, 0.6) is 0 Å². The molecule has 0 fully saturated rings. The first-order valence-corrected chi connectivity index (χ1v) is 10.1. The van der Waals surface area contributed by atoms with Gasteiger partial charge < -0.3 is 9.64 Å². The van der Waals surface area contributed by atoms with Crippen molar-refractivity contribution in [2.45, 2.75) is 73.1 Å². The maximum Gasteiger partial charge on any atom is 0.333 e. The molecule has 0 aromatic heterocycles. The second kappa shape index (κ2) is 13.4. The van der Waals surface area contributed by atoms with Crippen LogP contribution in [-0.2, 0) is 9.53 Å². The Hall–Kier alpha value is -0.830. The first-order valence-electron chi connectivity index (χ1n) is 10.1. The summed E-state index contributed by atoms with van der Waals surface area (Å²) in [5, 5.41) is 0. The minimum atomic E-state index is -0.259. The zero-order chi connectivity index (χ0) is 19.4. The summed E-state index contributed by atoms with van der Waals surface area (Å²) in [4.78, 5) is 13.9. The van der Waals surface area contributed by atoms with Crippen LogP contribution in [0.1, 0.15) is 73.1 Å². The summed E-state index contributed by atoms with van der Waals surface area (Å²) in [6.45, 7) is 16.2. The number of rotatable bonds is 14. The van der Waals surface area contributed by atoms with Crippen LogP contribution in [0, 0.1) is 23.7 Å². The first-order chi connectivity index (χ1) is 11.6. The zero-order valence-corrected chi connectivity index (χ0v) is 17.9. The van der Waals surface area contributed by atoms with Crippen molar-refractivity contribution < 1.29 is 9.53 Å². The largest absolute Gasteiger partial charge is 0.462 e. The number of esters is 1. The van der Waals surface area contributed by atoms with Gasteiger partial charge in [0, 0.05) is 5.57 Å². The van der Waals surface area contributed by atoms with Gasteiger partial charge in [-0.15, -0.1) is 0 Å². The fourth-order valence-electron chi connectivity index (χ4n) is 3.00. The van der Waals surface area contributed by atoms with Crippen molar-refractivity contribution in [1.29, 1.82) is 0 Å². The van der Waals surface area contributed by atoms with Crippen LogP contribution in [0.2, 0.25) is 0 Å². The molecule has 0 N–H and O–H groups in total. The molecule has 3 heteroatoms. The van der Waals surface area contributed by atoms with E-state index in [0.29, 0.717) is 24.0 Å². The maximum absolute atomic E-state index is 11.6. The molecule has 0 heterocycles. The van der Waals surface area contributed by atoms with Crippen LogP contribution in [0.15, 0.2) is 12.2 Å². The summed E-state index contributed by atoms with van der Waals surface area (Å²) in [6, 6.07) is 0. The van der Waals surface area contributed by atoms with Crippen molar-refractivity contribution in [3.8, 4) is 0 Å². The normalized spacial score (nSPS) is 15.2. The monoisotopic (exact) mass is 353 g/mol. The van der Waals surface area contributed by atoms with Gasteiger partial charge in [-0.2, -0.15) is 0 Å². The Balaban J connectivity index is 4.00. The Morgan fingerprint density at radius 1 is 0.960 bits per heavy atom. The molecule has 3 unspecified atom stereocenters. The van der Waals surface area contributed by atoms with Crippen LogP contribution in [0.25, 0.3) is 0 Å². The van der Waals surface area contributed by atoms with E-state index < -0.39 is 0 Å². The maximum atomic E-state index is 11.6. The molecule has 0 aliphatic heterocycles. The summed E-state index contributed by atoms with van der Waals surface area (Å²) < 4.78 is 5.38. The molecule has 0 aromatic rings. The number of hydrogen-bond donors (Lipinski definition) is 0. The van der Waals surface area contributed by atoms with E-state index in [0.717, 1.165) is 18.3 Å². The van der Waals surface area contributed by atoms with Gasteiger partial charge in [0.15, 0.2) is 0 Å². The van der Waals surface area contributed by atoms with Gasteiger partial charge in [-0.1, -0.05) is 60.0 Å². The number of carbonyl (C=O) groups excluding carboxylic acids is 1. The zero-order valence-electron chi connectivity index (χ0n) is 17.9. The molecule has 0 aromatic carbocycles. The predicted molar refractivity (Wildman–Crippen MR) is 109 cm³/mol. The van der Waals surface area contributed by atoms with Gasteiger partial charge in [-0.05, 0) is 64.1 Å². The molecule has 0 radical (unpaired) electrons. The van der Waals surface area contributed by atoms with E-state index in [1.54, 1.807) is 6.92 Å². The Bertz CT molecular complexity index is 376. The summed E-state index contributed by atoms with van der Waals surface area (Å²) in [5.41, 5.74) is 0.485. The van der Waals surface area contributed by atoms with Gasteiger partial charge in [0.2, 0.25) is 0 Å². The summed E-state index contributed by atoms with van der Waals surface area (Å²) in [6.07, 6.45) is 7.63. The lowest BCUT2D eigenvalue weighted by Gasteiger charge is -2.23. The smallest absolute Gasteiger partial charge is 0.333 e. The molecule has 25 heavy (non-hydrogen) atoms. The first kappa shape index (κ1) is 24.2. The molecule has 0 aliphatic rings.